The minimum Gasteiger partial charge on any atom is -0.389 e. The highest BCUT2D eigenvalue weighted by Gasteiger charge is 2.37. The van der Waals surface area contributed by atoms with E-state index < -0.39 is 5.60 Å². The number of hydrogen-bond acceptors (Lipinski definition) is 2. The van der Waals surface area contributed by atoms with Gasteiger partial charge in [0.2, 0.25) is 0 Å². The van der Waals surface area contributed by atoms with Crippen molar-refractivity contribution < 1.29 is 5.11 Å². The first-order valence-electron chi connectivity index (χ1n) is 8.19. The van der Waals surface area contributed by atoms with Crippen LogP contribution in [0.15, 0.2) is 24.3 Å². The molecule has 0 saturated heterocycles. The summed E-state index contributed by atoms with van der Waals surface area (Å²) in [5, 5.41) is 11.0. The maximum atomic E-state index is 11.0. The van der Waals surface area contributed by atoms with Gasteiger partial charge in [-0.1, -0.05) is 26.0 Å². The molecule has 1 heterocycles. The van der Waals surface area contributed by atoms with Crippen LogP contribution in [0.2, 0.25) is 0 Å². The first kappa shape index (κ1) is 14.6. The molecule has 1 aromatic heterocycles. The molecule has 0 spiro atoms. The normalized spacial score (nSPS) is 29.9. The van der Waals surface area contributed by atoms with Crippen molar-refractivity contribution in [3.63, 3.8) is 0 Å². The van der Waals surface area contributed by atoms with Crippen LogP contribution >= 0.6 is 0 Å². The van der Waals surface area contributed by atoms with E-state index in [9.17, 15) is 5.11 Å². The number of hydrogen-bond donors (Lipinski definition) is 1. The Balaban J connectivity index is 1.91. The summed E-state index contributed by atoms with van der Waals surface area (Å²) in [7, 11) is 0. The predicted octanol–water partition coefficient (Wildman–Crippen LogP) is 3.79. The Morgan fingerprint density at radius 2 is 2.05 bits per heavy atom. The van der Waals surface area contributed by atoms with E-state index in [4.69, 9.17) is 4.98 Å². The fraction of sp³-hybridized carbons (Fsp3) is 0.611. The highest BCUT2D eigenvalue weighted by atomic mass is 16.3. The fourth-order valence-electron chi connectivity index (χ4n) is 3.75. The van der Waals surface area contributed by atoms with Crippen molar-refractivity contribution >= 4 is 11.0 Å². The molecule has 114 valence electrons. The standard InChI is InChI=1S/C18H26N2O/c1-4-20-16-8-6-5-7-15(16)19-17(20)12-18(21)10-9-13(2)14(3)11-18/h5-8,13-14,21H,4,9-12H2,1-3H3. The van der Waals surface area contributed by atoms with Gasteiger partial charge in [0.1, 0.15) is 5.82 Å². The van der Waals surface area contributed by atoms with Crippen molar-refractivity contribution in [3.05, 3.63) is 30.1 Å². The number of aliphatic hydroxyl groups is 1. The van der Waals surface area contributed by atoms with Crippen LogP contribution in [-0.4, -0.2) is 20.3 Å². The summed E-state index contributed by atoms with van der Waals surface area (Å²) < 4.78 is 2.25. The number of aromatic nitrogens is 2. The predicted molar refractivity (Wildman–Crippen MR) is 86.2 cm³/mol. The average molecular weight is 286 g/mol. The molecule has 1 fully saturated rings. The van der Waals surface area contributed by atoms with Crippen molar-refractivity contribution in [3.8, 4) is 0 Å². The molecule has 3 rings (SSSR count). The van der Waals surface area contributed by atoms with Gasteiger partial charge < -0.3 is 9.67 Å². The molecular formula is C18H26N2O. The van der Waals surface area contributed by atoms with E-state index in [2.05, 4.69) is 43.5 Å². The minimum absolute atomic E-state index is 0.583. The summed E-state index contributed by atoms with van der Waals surface area (Å²) in [5.41, 5.74) is 1.63. The fourth-order valence-corrected chi connectivity index (χ4v) is 3.75. The third kappa shape index (κ3) is 2.71. The van der Waals surface area contributed by atoms with E-state index in [1.165, 1.54) is 5.52 Å². The van der Waals surface area contributed by atoms with Crippen LogP contribution in [0.4, 0.5) is 0 Å². The van der Waals surface area contributed by atoms with Gasteiger partial charge in [-0.2, -0.15) is 0 Å². The topological polar surface area (TPSA) is 38.0 Å². The Hall–Kier alpha value is -1.35. The van der Waals surface area contributed by atoms with Gasteiger partial charge in [-0.05, 0) is 50.2 Å². The lowest BCUT2D eigenvalue weighted by atomic mass is 9.72. The quantitative estimate of drug-likeness (QED) is 0.932. The number of para-hydroxylation sites is 2. The van der Waals surface area contributed by atoms with Crippen LogP contribution in [0.3, 0.4) is 0 Å². The Labute approximate surface area is 127 Å². The highest BCUT2D eigenvalue weighted by molar-refractivity contribution is 5.75. The van der Waals surface area contributed by atoms with Crippen LogP contribution in [0.5, 0.6) is 0 Å². The average Bonchev–Trinajstić information content (AvgIpc) is 2.80. The molecule has 0 radical (unpaired) electrons. The second-order valence-corrected chi connectivity index (χ2v) is 6.86. The van der Waals surface area contributed by atoms with Gasteiger partial charge in [0.05, 0.1) is 16.6 Å². The van der Waals surface area contributed by atoms with E-state index in [1.54, 1.807) is 0 Å². The zero-order chi connectivity index (χ0) is 15.0. The molecule has 1 saturated carbocycles. The molecule has 1 aliphatic rings. The van der Waals surface area contributed by atoms with Crippen LogP contribution < -0.4 is 0 Å². The van der Waals surface area contributed by atoms with Gasteiger partial charge in [0.15, 0.2) is 0 Å². The minimum atomic E-state index is -0.583. The van der Waals surface area contributed by atoms with Gasteiger partial charge in [-0.25, -0.2) is 4.98 Å². The van der Waals surface area contributed by atoms with Crippen molar-refractivity contribution in [2.45, 2.75) is 58.6 Å². The number of imidazole rings is 1. The lowest BCUT2D eigenvalue weighted by molar-refractivity contribution is -0.0298. The van der Waals surface area contributed by atoms with Gasteiger partial charge >= 0.3 is 0 Å². The maximum Gasteiger partial charge on any atom is 0.112 e. The lowest BCUT2D eigenvalue weighted by Gasteiger charge is -2.39. The van der Waals surface area contributed by atoms with Crippen molar-refractivity contribution in [1.82, 2.24) is 9.55 Å². The monoisotopic (exact) mass is 286 g/mol. The van der Waals surface area contributed by atoms with Crippen LogP contribution in [0.25, 0.3) is 11.0 Å². The first-order chi connectivity index (χ1) is 10.0. The molecule has 1 aromatic carbocycles. The third-order valence-electron chi connectivity index (χ3n) is 5.28. The molecule has 1 aliphatic carbocycles. The molecule has 3 nitrogen and oxygen atoms in total. The summed E-state index contributed by atoms with van der Waals surface area (Å²) in [4.78, 5) is 4.77. The summed E-state index contributed by atoms with van der Waals surface area (Å²) in [6.45, 7) is 7.61. The Kier molecular flexibility index (Phi) is 3.78. The van der Waals surface area contributed by atoms with Crippen LogP contribution in [0, 0.1) is 11.8 Å². The summed E-state index contributed by atoms with van der Waals surface area (Å²) in [5.74, 6) is 2.33. The summed E-state index contributed by atoms with van der Waals surface area (Å²) in [6, 6.07) is 8.25. The number of benzene rings is 1. The third-order valence-corrected chi connectivity index (χ3v) is 5.28. The van der Waals surface area contributed by atoms with Gasteiger partial charge in [-0.3, -0.25) is 0 Å². The zero-order valence-electron chi connectivity index (χ0n) is 13.3. The Bertz CT molecular complexity index is 633. The molecule has 1 N–H and O–H groups in total. The van der Waals surface area contributed by atoms with E-state index in [0.717, 1.165) is 43.1 Å². The van der Waals surface area contributed by atoms with Gasteiger partial charge in [-0.15, -0.1) is 0 Å². The molecule has 21 heavy (non-hydrogen) atoms. The Morgan fingerprint density at radius 3 is 2.76 bits per heavy atom. The lowest BCUT2D eigenvalue weighted by Crippen LogP contribution is -2.40. The molecule has 3 heteroatoms. The van der Waals surface area contributed by atoms with Crippen molar-refractivity contribution in [2.75, 3.05) is 0 Å². The molecule has 3 unspecified atom stereocenters. The zero-order valence-corrected chi connectivity index (χ0v) is 13.3. The van der Waals surface area contributed by atoms with Crippen molar-refractivity contribution in [2.24, 2.45) is 11.8 Å². The number of aryl methyl sites for hydroxylation is 1. The molecule has 0 amide bonds. The molecule has 2 aromatic rings. The highest BCUT2D eigenvalue weighted by Crippen LogP contribution is 2.38. The van der Waals surface area contributed by atoms with Gasteiger partial charge in [0.25, 0.3) is 0 Å². The van der Waals surface area contributed by atoms with Gasteiger partial charge in [0, 0.05) is 13.0 Å². The number of rotatable bonds is 3. The largest absolute Gasteiger partial charge is 0.389 e. The number of nitrogens with zero attached hydrogens (tertiary/aromatic N) is 2. The van der Waals surface area contributed by atoms with E-state index in [-0.39, 0.29) is 0 Å². The van der Waals surface area contributed by atoms with E-state index >= 15 is 0 Å². The second-order valence-electron chi connectivity index (χ2n) is 6.86. The molecular weight excluding hydrogens is 260 g/mol. The van der Waals surface area contributed by atoms with Crippen LogP contribution in [0.1, 0.15) is 45.9 Å². The number of fused-ring (bicyclic) bond motifs is 1. The molecule has 0 aliphatic heterocycles. The maximum absolute atomic E-state index is 11.0. The molecule has 3 atom stereocenters. The smallest absolute Gasteiger partial charge is 0.112 e. The first-order valence-corrected chi connectivity index (χ1v) is 8.19. The van der Waals surface area contributed by atoms with Crippen molar-refractivity contribution in [1.29, 1.82) is 0 Å². The van der Waals surface area contributed by atoms with Crippen LogP contribution in [-0.2, 0) is 13.0 Å². The summed E-state index contributed by atoms with van der Waals surface area (Å²) in [6.07, 6.45) is 3.57. The van der Waals surface area contributed by atoms with E-state index in [0.29, 0.717) is 12.3 Å². The molecule has 0 bridgehead atoms. The second kappa shape index (κ2) is 5.45. The van der Waals surface area contributed by atoms with E-state index in [1.807, 2.05) is 6.07 Å². The Morgan fingerprint density at radius 1 is 1.29 bits per heavy atom. The SMILES string of the molecule is CCn1c(CC2(O)CCC(C)C(C)C2)nc2ccccc21. The summed E-state index contributed by atoms with van der Waals surface area (Å²) >= 11 is 0.